The van der Waals surface area contributed by atoms with Gasteiger partial charge in [-0.2, -0.15) is 0 Å². The van der Waals surface area contributed by atoms with Gasteiger partial charge in [-0.05, 0) is 18.6 Å². The van der Waals surface area contributed by atoms with E-state index in [1.807, 2.05) is 23.1 Å². The molecule has 116 valence electrons. The zero-order valence-electron chi connectivity index (χ0n) is 12.5. The number of anilines is 1. The zero-order chi connectivity index (χ0) is 15.5. The maximum Gasteiger partial charge on any atom is 0.305 e. The third kappa shape index (κ3) is 2.92. The Balaban J connectivity index is 1.75. The van der Waals surface area contributed by atoms with Gasteiger partial charge in [0.1, 0.15) is 5.69 Å². The number of aromatic nitrogens is 1. The van der Waals surface area contributed by atoms with Crippen molar-refractivity contribution in [3.8, 4) is 0 Å². The lowest BCUT2D eigenvalue weighted by Gasteiger charge is -2.42. The van der Waals surface area contributed by atoms with Crippen LogP contribution in [0, 0.1) is 0 Å². The summed E-state index contributed by atoms with van der Waals surface area (Å²) in [6.45, 7) is 4.39. The van der Waals surface area contributed by atoms with E-state index >= 15 is 0 Å². The topological polar surface area (TPSA) is 56.4 Å². The van der Waals surface area contributed by atoms with Gasteiger partial charge in [-0.15, -0.1) is 0 Å². The number of hydrogen-bond acceptors (Lipinski definition) is 4. The van der Waals surface area contributed by atoms with Gasteiger partial charge < -0.3 is 14.8 Å². The van der Waals surface area contributed by atoms with E-state index in [4.69, 9.17) is 0 Å². The molecule has 1 aromatic carbocycles. The Morgan fingerprint density at radius 2 is 2.09 bits per heavy atom. The lowest BCUT2D eigenvalue weighted by atomic mass is 10.1. The van der Waals surface area contributed by atoms with E-state index in [1.165, 1.54) is 5.69 Å². The van der Waals surface area contributed by atoms with Crippen LogP contribution in [0.15, 0.2) is 40.5 Å². The molecule has 1 aliphatic rings. The molecule has 0 aliphatic carbocycles. The van der Waals surface area contributed by atoms with Gasteiger partial charge in [0.15, 0.2) is 0 Å². The molecule has 0 spiro atoms. The van der Waals surface area contributed by atoms with E-state index < -0.39 is 0 Å². The number of H-pyrrole nitrogens is 1. The number of carbonyl (C=O) groups is 1. The molecular formula is C16H19N3O2S. The average molecular weight is 317 g/mol. The molecule has 1 amide bonds. The molecule has 2 aromatic rings. The largest absolute Gasteiger partial charge is 0.368 e. The Kier molecular flexibility index (Phi) is 4.29. The smallest absolute Gasteiger partial charge is 0.305 e. The minimum atomic E-state index is -0.181. The van der Waals surface area contributed by atoms with Crippen LogP contribution >= 0.6 is 11.3 Å². The lowest BCUT2D eigenvalue weighted by Crippen LogP contribution is -2.55. The Morgan fingerprint density at radius 3 is 2.73 bits per heavy atom. The molecule has 0 bridgehead atoms. The molecule has 1 unspecified atom stereocenters. The Hall–Kier alpha value is -2.08. The van der Waals surface area contributed by atoms with E-state index in [0.29, 0.717) is 12.2 Å². The number of thiazole rings is 1. The monoisotopic (exact) mass is 317 g/mol. The summed E-state index contributed by atoms with van der Waals surface area (Å²) in [6, 6.07) is 10.4. The Labute approximate surface area is 133 Å². The van der Waals surface area contributed by atoms with Crippen LogP contribution in [0.5, 0.6) is 0 Å². The first-order chi connectivity index (χ1) is 10.7. The van der Waals surface area contributed by atoms with E-state index in [9.17, 15) is 9.59 Å². The van der Waals surface area contributed by atoms with E-state index in [1.54, 1.807) is 5.38 Å². The average Bonchev–Trinajstić information content (AvgIpc) is 3.01. The summed E-state index contributed by atoms with van der Waals surface area (Å²) in [4.78, 5) is 30.5. The van der Waals surface area contributed by atoms with Crippen molar-refractivity contribution in [1.82, 2.24) is 9.88 Å². The van der Waals surface area contributed by atoms with Gasteiger partial charge in [0.2, 0.25) is 0 Å². The molecule has 1 aromatic heterocycles. The molecule has 0 saturated carbocycles. The van der Waals surface area contributed by atoms with Crippen molar-refractivity contribution in [1.29, 1.82) is 0 Å². The van der Waals surface area contributed by atoms with Crippen molar-refractivity contribution in [3.63, 3.8) is 0 Å². The van der Waals surface area contributed by atoms with Crippen molar-refractivity contribution in [2.75, 3.05) is 24.5 Å². The molecule has 0 radical (unpaired) electrons. The van der Waals surface area contributed by atoms with Crippen molar-refractivity contribution >= 4 is 22.9 Å². The predicted octanol–water partition coefficient (Wildman–Crippen LogP) is 2.18. The summed E-state index contributed by atoms with van der Waals surface area (Å²) < 4.78 is 0. The second kappa shape index (κ2) is 6.36. The first-order valence-electron chi connectivity index (χ1n) is 7.48. The summed E-state index contributed by atoms with van der Waals surface area (Å²) in [5.41, 5.74) is 1.60. The number of carbonyl (C=O) groups excluding carboxylic acids is 1. The van der Waals surface area contributed by atoms with Crippen molar-refractivity contribution in [3.05, 3.63) is 51.1 Å². The fraction of sp³-hybridized carbons (Fsp3) is 0.375. The fourth-order valence-electron chi connectivity index (χ4n) is 2.89. The second-order valence-electron chi connectivity index (χ2n) is 5.40. The van der Waals surface area contributed by atoms with Gasteiger partial charge in [-0.1, -0.05) is 36.5 Å². The zero-order valence-corrected chi connectivity index (χ0v) is 13.3. The second-order valence-corrected chi connectivity index (χ2v) is 6.25. The minimum absolute atomic E-state index is 0.0714. The standard InChI is InChI=1S/C16H19N3O2S/c1-2-12-10-18(13-6-4-3-5-7-13)8-9-19(12)15(20)14-11-22-16(21)17-14/h3-7,11-12H,2,8-10H2,1H3,(H,17,21). The van der Waals surface area contributed by atoms with Crippen LogP contribution in [0.2, 0.25) is 0 Å². The summed E-state index contributed by atoms with van der Waals surface area (Å²) in [6.07, 6.45) is 0.892. The highest BCUT2D eigenvalue weighted by Crippen LogP contribution is 2.21. The number of amides is 1. The lowest BCUT2D eigenvalue weighted by molar-refractivity contribution is 0.0646. The number of nitrogens with one attached hydrogen (secondary N) is 1. The Morgan fingerprint density at radius 1 is 1.32 bits per heavy atom. The number of piperazine rings is 1. The Bertz CT molecular complexity index is 695. The van der Waals surface area contributed by atoms with Crippen LogP contribution in [0.25, 0.3) is 0 Å². The third-order valence-corrected chi connectivity index (χ3v) is 4.76. The first-order valence-corrected chi connectivity index (χ1v) is 8.35. The predicted molar refractivity (Wildman–Crippen MR) is 88.7 cm³/mol. The molecular weight excluding hydrogens is 298 g/mol. The normalized spacial score (nSPS) is 18.5. The van der Waals surface area contributed by atoms with Crippen LogP contribution in [0.4, 0.5) is 5.69 Å². The molecule has 1 N–H and O–H groups in total. The molecule has 1 atom stereocenters. The SMILES string of the molecule is CCC1CN(c2ccccc2)CCN1C(=O)c1csc(=O)[nH]1. The van der Waals surface area contributed by atoms with Crippen LogP contribution in [-0.2, 0) is 0 Å². The summed E-state index contributed by atoms with van der Waals surface area (Å²) in [5, 5.41) is 1.61. The van der Waals surface area contributed by atoms with Crippen LogP contribution in [-0.4, -0.2) is 41.5 Å². The van der Waals surface area contributed by atoms with Crippen LogP contribution < -0.4 is 9.77 Å². The molecule has 3 rings (SSSR count). The summed E-state index contributed by atoms with van der Waals surface area (Å²) >= 11 is 1.03. The highest BCUT2D eigenvalue weighted by atomic mass is 32.1. The van der Waals surface area contributed by atoms with Gasteiger partial charge in [-0.3, -0.25) is 9.59 Å². The quantitative estimate of drug-likeness (QED) is 0.944. The van der Waals surface area contributed by atoms with Crippen LogP contribution in [0.3, 0.4) is 0 Å². The third-order valence-electron chi connectivity index (χ3n) is 4.09. The van der Waals surface area contributed by atoms with Crippen LogP contribution in [0.1, 0.15) is 23.8 Å². The van der Waals surface area contributed by atoms with Gasteiger partial charge in [0, 0.05) is 36.7 Å². The first kappa shape index (κ1) is 14.8. The molecule has 22 heavy (non-hydrogen) atoms. The number of benzene rings is 1. The summed E-state index contributed by atoms with van der Waals surface area (Å²) in [7, 11) is 0. The van der Waals surface area contributed by atoms with Gasteiger partial charge in [0.05, 0.1) is 0 Å². The maximum absolute atomic E-state index is 12.6. The molecule has 5 nitrogen and oxygen atoms in total. The minimum Gasteiger partial charge on any atom is -0.368 e. The number of rotatable bonds is 3. The summed E-state index contributed by atoms with van der Waals surface area (Å²) in [5.74, 6) is -0.0714. The van der Waals surface area contributed by atoms with Crippen molar-refractivity contribution < 1.29 is 4.79 Å². The molecule has 1 fully saturated rings. The number of hydrogen-bond donors (Lipinski definition) is 1. The molecule has 1 aliphatic heterocycles. The fourth-order valence-corrected chi connectivity index (χ4v) is 3.44. The highest BCUT2D eigenvalue weighted by Gasteiger charge is 2.30. The maximum atomic E-state index is 12.6. The van der Waals surface area contributed by atoms with Gasteiger partial charge in [-0.25, -0.2) is 0 Å². The number of para-hydroxylation sites is 1. The van der Waals surface area contributed by atoms with Gasteiger partial charge in [0.25, 0.3) is 5.91 Å². The van der Waals surface area contributed by atoms with E-state index in [0.717, 1.165) is 30.8 Å². The van der Waals surface area contributed by atoms with E-state index in [2.05, 4.69) is 28.9 Å². The van der Waals surface area contributed by atoms with E-state index in [-0.39, 0.29) is 16.8 Å². The number of nitrogens with zero attached hydrogens (tertiary/aromatic N) is 2. The van der Waals surface area contributed by atoms with Gasteiger partial charge >= 0.3 is 4.87 Å². The molecule has 1 saturated heterocycles. The highest BCUT2D eigenvalue weighted by molar-refractivity contribution is 7.07. The number of aromatic amines is 1. The van der Waals surface area contributed by atoms with Crippen molar-refractivity contribution in [2.45, 2.75) is 19.4 Å². The molecule has 2 heterocycles. The van der Waals surface area contributed by atoms with Crippen molar-refractivity contribution in [2.24, 2.45) is 0 Å². The molecule has 6 heteroatoms.